The van der Waals surface area contributed by atoms with E-state index in [4.69, 9.17) is 4.74 Å². The Morgan fingerprint density at radius 1 is 1.15 bits per heavy atom. The molecule has 0 aliphatic carbocycles. The number of hydrogen-bond acceptors (Lipinski definition) is 4. The van der Waals surface area contributed by atoms with Crippen LogP contribution in [0.4, 0.5) is 0 Å². The van der Waals surface area contributed by atoms with Crippen LogP contribution in [0.15, 0.2) is 30.3 Å². The van der Waals surface area contributed by atoms with Gasteiger partial charge in [-0.15, -0.1) is 0 Å². The Balaban J connectivity index is 1.68. The van der Waals surface area contributed by atoms with Crippen molar-refractivity contribution in [1.29, 1.82) is 0 Å². The Morgan fingerprint density at radius 3 is 2.46 bits per heavy atom. The first-order valence-electron chi connectivity index (χ1n) is 9.06. The zero-order valence-corrected chi connectivity index (χ0v) is 15.6. The Morgan fingerprint density at radius 2 is 1.81 bits per heavy atom. The highest BCUT2D eigenvalue weighted by Gasteiger charge is 2.26. The first-order chi connectivity index (χ1) is 12.5. The van der Waals surface area contributed by atoms with Gasteiger partial charge in [0.15, 0.2) is 6.10 Å². The molecule has 1 aromatic heterocycles. The second-order valence-electron chi connectivity index (χ2n) is 6.74. The third kappa shape index (κ3) is 3.79. The van der Waals surface area contributed by atoms with Gasteiger partial charge in [-0.25, -0.2) is 4.68 Å². The lowest BCUT2D eigenvalue weighted by Gasteiger charge is -2.20. The van der Waals surface area contributed by atoms with E-state index in [1.54, 1.807) is 11.8 Å². The van der Waals surface area contributed by atoms with Crippen LogP contribution in [0.5, 0.6) is 0 Å². The lowest BCUT2D eigenvalue weighted by Crippen LogP contribution is -2.38. The molecule has 1 fully saturated rings. The molecule has 1 aromatic carbocycles. The van der Waals surface area contributed by atoms with Gasteiger partial charge in [-0.2, -0.15) is 5.10 Å². The number of rotatable bonds is 5. The van der Waals surface area contributed by atoms with Gasteiger partial charge in [0.2, 0.25) is 0 Å². The fraction of sp³-hybridized carbons (Fsp3) is 0.450. The van der Waals surface area contributed by atoms with Crippen molar-refractivity contribution in [3.8, 4) is 5.69 Å². The summed E-state index contributed by atoms with van der Waals surface area (Å²) in [6, 6.07) is 9.79. The van der Waals surface area contributed by atoms with Crippen molar-refractivity contribution >= 4 is 11.9 Å². The summed E-state index contributed by atoms with van der Waals surface area (Å²) in [6.07, 6.45) is 1.40. The van der Waals surface area contributed by atoms with Crippen molar-refractivity contribution in [2.24, 2.45) is 0 Å². The van der Waals surface area contributed by atoms with Crippen LogP contribution in [0.3, 0.4) is 0 Å². The number of esters is 1. The molecule has 3 rings (SSSR count). The Kier molecular flexibility index (Phi) is 5.40. The normalized spacial score (nSPS) is 15.1. The summed E-state index contributed by atoms with van der Waals surface area (Å²) in [6.45, 7) is 6.97. The van der Waals surface area contributed by atoms with Crippen molar-refractivity contribution in [3.05, 3.63) is 47.3 Å². The molecule has 0 spiro atoms. The van der Waals surface area contributed by atoms with Crippen LogP contribution in [0.1, 0.15) is 36.7 Å². The van der Waals surface area contributed by atoms with Gasteiger partial charge in [0.1, 0.15) is 0 Å². The molecule has 0 unspecified atom stereocenters. The predicted octanol–water partition coefficient (Wildman–Crippen LogP) is 2.59. The number of likely N-dealkylation sites (tertiary alicyclic amines) is 1. The number of aryl methyl sites for hydroxylation is 1. The quantitative estimate of drug-likeness (QED) is 0.774. The smallest absolute Gasteiger partial charge is 0.311 e. The molecule has 6 heteroatoms. The Hall–Kier alpha value is -2.63. The molecule has 138 valence electrons. The largest absolute Gasteiger partial charge is 0.452 e. The van der Waals surface area contributed by atoms with E-state index in [2.05, 4.69) is 5.10 Å². The highest BCUT2D eigenvalue weighted by atomic mass is 16.5. The molecule has 6 nitrogen and oxygen atoms in total. The van der Waals surface area contributed by atoms with Gasteiger partial charge >= 0.3 is 5.97 Å². The number of benzene rings is 1. The highest BCUT2D eigenvalue weighted by Crippen LogP contribution is 2.19. The van der Waals surface area contributed by atoms with Crippen molar-refractivity contribution < 1.29 is 14.3 Å². The summed E-state index contributed by atoms with van der Waals surface area (Å²) in [5.41, 5.74) is 3.50. The number of hydrogen-bond donors (Lipinski definition) is 0. The van der Waals surface area contributed by atoms with E-state index < -0.39 is 12.1 Å². The van der Waals surface area contributed by atoms with Crippen LogP contribution < -0.4 is 0 Å². The average molecular weight is 355 g/mol. The second kappa shape index (κ2) is 7.72. The number of amides is 1. The zero-order chi connectivity index (χ0) is 18.7. The van der Waals surface area contributed by atoms with Gasteiger partial charge in [0.05, 0.1) is 17.8 Å². The first kappa shape index (κ1) is 18.2. The molecule has 0 N–H and O–H groups in total. The Labute approximate surface area is 153 Å². The SMILES string of the molecule is Cc1nn(-c2ccccc2)c(C)c1CC(=O)O[C@@H](C)C(=O)N1CCCC1. The molecule has 0 saturated carbocycles. The molecule has 26 heavy (non-hydrogen) atoms. The van der Waals surface area contributed by atoms with E-state index in [1.807, 2.05) is 48.9 Å². The van der Waals surface area contributed by atoms with Crippen molar-refractivity contribution in [3.63, 3.8) is 0 Å². The molecule has 1 aliphatic rings. The van der Waals surface area contributed by atoms with Gasteiger partial charge in [-0.3, -0.25) is 9.59 Å². The summed E-state index contributed by atoms with van der Waals surface area (Å²) >= 11 is 0. The average Bonchev–Trinajstić information content (AvgIpc) is 3.26. The van der Waals surface area contributed by atoms with E-state index in [0.717, 1.165) is 48.6 Å². The minimum atomic E-state index is -0.745. The third-order valence-corrected chi connectivity index (χ3v) is 4.84. The van der Waals surface area contributed by atoms with Gasteiger partial charge in [0, 0.05) is 24.3 Å². The Bertz CT molecular complexity index is 792. The summed E-state index contributed by atoms with van der Waals surface area (Å²) in [5, 5.41) is 4.54. The van der Waals surface area contributed by atoms with E-state index in [-0.39, 0.29) is 12.3 Å². The number of ether oxygens (including phenoxy) is 1. The van der Waals surface area contributed by atoms with Crippen LogP contribution in [0, 0.1) is 13.8 Å². The van der Waals surface area contributed by atoms with Crippen molar-refractivity contribution in [1.82, 2.24) is 14.7 Å². The van der Waals surface area contributed by atoms with Gasteiger partial charge < -0.3 is 9.64 Å². The van der Waals surface area contributed by atoms with Crippen LogP contribution in [-0.2, 0) is 20.7 Å². The summed E-state index contributed by atoms with van der Waals surface area (Å²) in [5.74, 6) is -0.506. The minimum absolute atomic E-state index is 0.107. The monoisotopic (exact) mass is 355 g/mol. The molecular weight excluding hydrogens is 330 g/mol. The first-order valence-corrected chi connectivity index (χ1v) is 9.06. The predicted molar refractivity (Wildman–Crippen MR) is 98.1 cm³/mol. The number of aromatic nitrogens is 2. The lowest BCUT2D eigenvalue weighted by molar-refractivity contribution is -0.158. The van der Waals surface area contributed by atoms with Crippen LogP contribution >= 0.6 is 0 Å². The molecular formula is C20H25N3O3. The van der Waals surface area contributed by atoms with E-state index in [9.17, 15) is 9.59 Å². The lowest BCUT2D eigenvalue weighted by atomic mass is 10.1. The summed E-state index contributed by atoms with van der Waals surface area (Å²) in [4.78, 5) is 26.4. The maximum atomic E-state index is 12.4. The van der Waals surface area contributed by atoms with E-state index >= 15 is 0 Å². The number of nitrogens with zero attached hydrogens (tertiary/aromatic N) is 3. The van der Waals surface area contributed by atoms with Gasteiger partial charge in [-0.1, -0.05) is 18.2 Å². The fourth-order valence-corrected chi connectivity index (χ4v) is 3.38. The highest BCUT2D eigenvalue weighted by molar-refractivity contribution is 5.84. The fourth-order valence-electron chi connectivity index (χ4n) is 3.38. The minimum Gasteiger partial charge on any atom is -0.452 e. The molecule has 0 bridgehead atoms. The van der Waals surface area contributed by atoms with E-state index in [0.29, 0.717) is 0 Å². The number of para-hydroxylation sites is 1. The zero-order valence-electron chi connectivity index (χ0n) is 15.6. The summed E-state index contributed by atoms with van der Waals surface area (Å²) < 4.78 is 7.22. The molecule has 2 heterocycles. The summed E-state index contributed by atoms with van der Waals surface area (Å²) in [7, 11) is 0. The maximum Gasteiger partial charge on any atom is 0.311 e. The molecule has 1 atom stereocenters. The van der Waals surface area contributed by atoms with Crippen molar-refractivity contribution in [2.45, 2.75) is 46.1 Å². The van der Waals surface area contributed by atoms with Gasteiger partial charge in [-0.05, 0) is 45.7 Å². The molecule has 1 saturated heterocycles. The van der Waals surface area contributed by atoms with Crippen LogP contribution in [0.25, 0.3) is 5.69 Å². The number of carbonyl (C=O) groups is 2. The molecule has 0 radical (unpaired) electrons. The number of carbonyl (C=O) groups excluding carboxylic acids is 2. The molecule has 2 aromatic rings. The van der Waals surface area contributed by atoms with Crippen molar-refractivity contribution in [2.75, 3.05) is 13.1 Å². The topological polar surface area (TPSA) is 64.4 Å². The molecule has 1 amide bonds. The maximum absolute atomic E-state index is 12.4. The molecule has 1 aliphatic heterocycles. The van der Waals surface area contributed by atoms with E-state index in [1.165, 1.54) is 0 Å². The third-order valence-electron chi connectivity index (χ3n) is 4.84. The standard InChI is InChI=1S/C20H25N3O3/c1-14-18(15(2)23(21-14)17-9-5-4-6-10-17)13-19(24)26-16(3)20(25)22-11-7-8-12-22/h4-6,9-10,16H,7-8,11-13H2,1-3H3/t16-/m0/s1. The van der Waals surface area contributed by atoms with Crippen LogP contribution in [0.2, 0.25) is 0 Å². The van der Waals surface area contributed by atoms with Crippen LogP contribution in [-0.4, -0.2) is 45.8 Å². The second-order valence-corrected chi connectivity index (χ2v) is 6.74. The van der Waals surface area contributed by atoms with Gasteiger partial charge in [0.25, 0.3) is 5.91 Å².